The molecule has 1 atom stereocenters. The van der Waals surface area contributed by atoms with Crippen LogP contribution in [0.4, 0.5) is 5.69 Å². The Morgan fingerprint density at radius 3 is 2.12 bits per heavy atom. The predicted molar refractivity (Wildman–Crippen MR) is 166 cm³/mol. The van der Waals surface area contributed by atoms with Crippen LogP contribution in [0.15, 0.2) is 71.6 Å². The van der Waals surface area contributed by atoms with E-state index in [0.717, 1.165) is 15.4 Å². The predicted octanol–water partition coefficient (Wildman–Crippen LogP) is 4.55. The van der Waals surface area contributed by atoms with E-state index >= 15 is 0 Å². The Hall–Kier alpha value is -4.25. The summed E-state index contributed by atoms with van der Waals surface area (Å²) in [6.45, 7) is 6.78. The van der Waals surface area contributed by atoms with Gasteiger partial charge in [0.15, 0.2) is 0 Å². The van der Waals surface area contributed by atoms with Crippen molar-refractivity contribution < 1.29 is 32.2 Å². The minimum Gasteiger partial charge on any atom is -0.497 e. The van der Waals surface area contributed by atoms with Crippen molar-refractivity contribution in [2.75, 3.05) is 32.2 Å². The van der Waals surface area contributed by atoms with Crippen LogP contribution in [-0.4, -0.2) is 65.1 Å². The Bertz CT molecular complexity index is 1510. The minimum atomic E-state index is -4.28. The maximum absolute atomic E-state index is 14.3. The van der Waals surface area contributed by atoms with Crippen molar-refractivity contribution in [2.24, 2.45) is 0 Å². The lowest BCUT2D eigenvalue weighted by atomic mass is 10.1. The molecule has 0 radical (unpaired) electrons. The average Bonchev–Trinajstić information content (AvgIpc) is 2.99. The third-order valence-corrected chi connectivity index (χ3v) is 8.62. The van der Waals surface area contributed by atoms with Gasteiger partial charge in [0.05, 0.1) is 31.9 Å². The zero-order valence-electron chi connectivity index (χ0n) is 25.8. The molecule has 0 spiro atoms. The van der Waals surface area contributed by atoms with E-state index in [1.807, 2.05) is 33.8 Å². The highest BCUT2D eigenvalue weighted by atomic mass is 32.2. The fourth-order valence-electron chi connectivity index (χ4n) is 4.61. The fourth-order valence-corrected chi connectivity index (χ4v) is 6.03. The monoisotopic (exact) mass is 611 g/mol. The Morgan fingerprint density at radius 1 is 0.884 bits per heavy atom. The number of rotatable bonds is 14. The number of nitrogens with zero attached hydrogens (tertiary/aromatic N) is 2. The van der Waals surface area contributed by atoms with Crippen molar-refractivity contribution in [2.45, 2.75) is 57.6 Å². The smallest absolute Gasteiger partial charge is 0.264 e. The van der Waals surface area contributed by atoms with Crippen LogP contribution in [0.2, 0.25) is 0 Å². The highest BCUT2D eigenvalue weighted by Gasteiger charge is 2.35. The molecule has 232 valence electrons. The first-order valence-corrected chi connectivity index (χ1v) is 15.4. The molecule has 3 aromatic carbocycles. The highest BCUT2D eigenvalue weighted by Crippen LogP contribution is 2.36. The molecule has 1 N–H and O–H groups in total. The number of aryl methyl sites for hydroxylation is 1. The SMILES string of the molecule is CC[C@H](C(=O)NC(C)C)N(Cc1cccc(OC)c1)C(=O)CN(c1cc(OC)ccc1OC)S(=O)(=O)c1ccc(C)cc1. The third kappa shape index (κ3) is 8.19. The molecule has 10 nitrogen and oxygen atoms in total. The van der Waals surface area contributed by atoms with Gasteiger partial charge in [0.1, 0.15) is 29.8 Å². The highest BCUT2D eigenvalue weighted by molar-refractivity contribution is 7.92. The number of carbonyl (C=O) groups is 2. The number of methoxy groups -OCH3 is 3. The molecule has 43 heavy (non-hydrogen) atoms. The Kier molecular flexibility index (Phi) is 11.4. The first-order chi connectivity index (χ1) is 20.4. The van der Waals surface area contributed by atoms with E-state index in [0.29, 0.717) is 17.9 Å². The quantitative estimate of drug-likeness (QED) is 0.285. The molecule has 0 saturated carbocycles. The molecule has 0 bridgehead atoms. The fraction of sp³-hybridized carbons (Fsp3) is 0.375. The summed E-state index contributed by atoms with van der Waals surface area (Å²) in [5.41, 5.74) is 1.72. The molecule has 0 aromatic heterocycles. The van der Waals surface area contributed by atoms with Crippen LogP contribution in [0.25, 0.3) is 0 Å². The Morgan fingerprint density at radius 2 is 1.53 bits per heavy atom. The number of anilines is 1. The number of nitrogens with one attached hydrogen (secondary N) is 1. The van der Waals surface area contributed by atoms with Gasteiger partial charge >= 0.3 is 0 Å². The van der Waals surface area contributed by atoms with Gasteiger partial charge in [0.25, 0.3) is 10.0 Å². The first kappa shape index (κ1) is 33.3. The van der Waals surface area contributed by atoms with Gasteiger partial charge in [0, 0.05) is 18.7 Å². The number of hydrogen-bond acceptors (Lipinski definition) is 7. The van der Waals surface area contributed by atoms with Gasteiger partial charge in [-0.25, -0.2) is 8.42 Å². The van der Waals surface area contributed by atoms with E-state index in [9.17, 15) is 18.0 Å². The summed E-state index contributed by atoms with van der Waals surface area (Å²) < 4.78 is 45.7. The molecule has 0 aliphatic heterocycles. The Labute approximate surface area is 254 Å². The lowest BCUT2D eigenvalue weighted by Gasteiger charge is -2.34. The van der Waals surface area contributed by atoms with Crippen molar-refractivity contribution >= 4 is 27.5 Å². The summed E-state index contributed by atoms with van der Waals surface area (Å²) in [5.74, 6) is 0.292. The molecular weight excluding hydrogens is 570 g/mol. The second kappa shape index (κ2) is 14.8. The van der Waals surface area contributed by atoms with E-state index in [1.54, 1.807) is 49.6 Å². The van der Waals surface area contributed by atoms with Crippen LogP contribution in [0.5, 0.6) is 17.2 Å². The zero-order valence-corrected chi connectivity index (χ0v) is 26.6. The molecule has 0 heterocycles. The summed E-state index contributed by atoms with van der Waals surface area (Å²) in [6.07, 6.45) is 0.307. The second-order valence-electron chi connectivity index (χ2n) is 10.3. The van der Waals surface area contributed by atoms with Crippen molar-refractivity contribution in [3.8, 4) is 17.2 Å². The summed E-state index contributed by atoms with van der Waals surface area (Å²) >= 11 is 0. The molecular formula is C32H41N3O7S. The molecule has 3 aromatic rings. The number of carbonyl (C=O) groups excluding carboxylic acids is 2. The van der Waals surface area contributed by atoms with Crippen LogP contribution in [0, 0.1) is 6.92 Å². The van der Waals surface area contributed by atoms with Crippen molar-refractivity contribution in [1.29, 1.82) is 0 Å². The Balaban J connectivity index is 2.16. The molecule has 0 saturated heterocycles. The minimum absolute atomic E-state index is 0.000268. The van der Waals surface area contributed by atoms with E-state index in [-0.39, 0.29) is 34.8 Å². The number of hydrogen-bond donors (Lipinski definition) is 1. The third-order valence-electron chi connectivity index (χ3n) is 6.85. The van der Waals surface area contributed by atoms with Crippen LogP contribution in [0.1, 0.15) is 38.3 Å². The molecule has 3 rings (SSSR count). The summed E-state index contributed by atoms with van der Waals surface area (Å²) in [7, 11) is 0.143. The molecule has 11 heteroatoms. The lowest BCUT2D eigenvalue weighted by Crippen LogP contribution is -2.53. The number of benzene rings is 3. The van der Waals surface area contributed by atoms with Gasteiger partial charge in [-0.15, -0.1) is 0 Å². The normalized spacial score (nSPS) is 11.9. The summed E-state index contributed by atoms with van der Waals surface area (Å²) in [5, 5.41) is 2.89. The topological polar surface area (TPSA) is 114 Å². The molecule has 2 amide bonds. The number of sulfonamides is 1. The maximum atomic E-state index is 14.3. The van der Waals surface area contributed by atoms with Gasteiger partial charge in [-0.2, -0.15) is 0 Å². The number of ether oxygens (including phenoxy) is 3. The molecule has 0 aliphatic carbocycles. The first-order valence-electron chi connectivity index (χ1n) is 14.0. The van der Waals surface area contributed by atoms with Crippen LogP contribution >= 0.6 is 0 Å². The second-order valence-corrected chi connectivity index (χ2v) is 12.2. The average molecular weight is 612 g/mol. The van der Waals surface area contributed by atoms with Gasteiger partial charge in [-0.05, 0) is 69.2 Å². The summed E-state index contributed by atoms with van der Waals surface area (Å²) in [6, 6.07) is 17.2. The zero-order chi connectivity index (χ0) is 31.7. The van der Waals surface area contributed by atoms with Gasteiger partial charge in [-0.3, -0.25) is 13.9 Å². The largest absolute Gasteiger partial charge is 0.497 e. The van der Waals surface area contributed by atoms with Gasteiger partial charge in [-0.1, -0.05) is 36.8 Å². The van der Waals surface area contributed by atoms with Crippen molar-refractivity contribution in [3.63, 3.8) is 0 Å². The number of amides is 2. The molecule has 0 aliphatic rings. The summed E-state index contributed by atoms with van der Waals surface area (Å²) in [4.78, 5) is 29.0. The lowest BCUT2D eigenvalue weighted by molar-refractivity contribution is -0.140. The van der Waals surface area contributed by atoms with E-state index in [2.05, 4.69) is 5.32 Å². The van der Waals surface area contributed by atoms with Crippen molar-refractivity contribution in [3.05, 3.63) is 77.9 Å². The van der Waals surface area contributed by atoms with Crippen LogP contribution in [-0.2, 0) is 26.2 Å². The molecule has 0 unspecified atom stereocenters. The van der Waals surface area contributed by atoms with E-state index < -0.39 is 28.5 Å². The van der Waals surface area contributed by atoms with Gasteiger partial charge in [0.2, 0.25) is 11.8 Å². The standard InChI is InChI=1S/C32H41N3O7S/c1-8-28(32(37)33-22(2)3)34(20-24-10-9-11-25(18-24)40-5)31(36)21-35(29-19-26(41-6)14-17-30(29)42-7)43(38,39)27-15-12-23(4)13-16-27/h9-19,22,28H,8,20-21H2,1-7H3,(H,33,37)/t28-/m1/s1. The molecule has 0 fully saturated rings. The van der Waals surface area contributed by atoms with E-state index in [4.69, 9.17) is 14.2 Å². The maximum Gasteiger partial charge on any atom is 0.264 e. The van der Waals surface area contributed by atoms with Gasteiger partial charge < -0.3 is 24.4 Å². The van der Waals surface area contributed by atoms with Crippen LogP contribution in [0.3, 0.4) is 0 Å². The van der Waals surface area contributed by atoms with E-state index in [1.165, 1.54) is 37.3 Å². The van der Waals surface area contributed by atoms with Crippen molar-refractivity contribution in [1.82, 2.24) is 10.2 Å². The van der Waals surface area contributed by atoms with Crippen LogP contribution < -0.4 is 23.8 Å².